The zero-order valence-corrected chi connectivity index (χ0v) is 10.3. The fourth-order valence-corrected chi connectivity index (χ4v) is 1.43. The highest BCUT2D eigenvalue weighted by Gasteiger charge is 2.24. The molecule has 0 aliphatic rings. The molecular weight excluding hydrogens is 216 g/mol. The van der Waals surface area contributed by atoms with Crippen LogP contribution in [0.15, 0.2) is 30.3 Å². The number of aliphatic hydroxyl groups excluding tert-OH is 1. The predicted octanol–water partition coefficient (Wildman–Crippen LogP) is 0.444. The summed E-state index contributed by atoms with van der Waals surface area (Å²) in [4.78, 5) is 11.7. The second-order valence-electron chi connectivity index (χ2n) is 4.76. The van der Waals surface area contributed by atoms with Gasteiger partial charge in [-0.3, -0.25) is 4.79 Å². The standard InChI is InChI=1S/C13H20N2O2/c1-13(2,14)12(17)15-11(9-16)8-10-6-4-3-5-7-10/h3-7,11,16H,8-9,14H2,1-2H3,(H,15,17)/t11-/m1/s1. The number of amides is 1. The van der Waals surface area contributed by atoms with E-state index < -0.39 is 5.54 Å². The maximum Gasteiger partial charge on any atom is 0.239 e. The molecule has 1 aromatic carbocycles. The normalized spacial score (nSPS) is 13.2. The molecule has 0 saturated carbocycles. The number of carbonyl (C=O) groups is 1. The molecule has 0 fully saturated rings. The molecule has 4 nitrogen and oxygen atoms in total. The molecule has 0 saturated heterocycles. The van der Waals surface area contributed by atoms with Crippen molar-refractivity contribution in [1.82, 2.24) is 5.32 Å². The van der Waals surface area contributed by atoms with Gasteiger partial charge in [-0.25, -0.2) is 0 Å². The van der Waals surface area contributed by atoms with Gasteiger partial charge in [-0.2, -0.15) is 0 Å². The molecule has 0 bridgehead atoms. The lowest BCUT2D eigenvalue weighted by atomic mass is 10.0. The van der Waals surface area contributed by atoms with Crippen LogP contribution in [0, 0.1) is 0 Å². The summed E-state index contributed by atoms with van der Waals surface area (Å²) in [6, 6.07) is 9.41. The van der Waals surface area contributed by atoms with E-state index in [-0.39, 0.29) is 18.6 Å². The lowest BCUT2D eigenvalue weighted by molar-refractivity contribution is -0.126. The molecule has 0 aliphatic heterocycles. The zero-order valence-electron chi connectivity index (χ0n) is 10.3. The van der Waals surface area contributed by atoms with Gasteiger partial charge in [-0.15, -0.1) is 0 Å². The summed E-state index contributed by atoms with van der Waals surface area (Å²) in [7, 11) is 0. The van der Waals surface area contributed by atoms with Gasteiger partial charge in [0.15, 0.2) is 0 Å². The Kier molecular flexibility index (Phi) is 4.66. The maximum atomic E-state index is 11.7. The van der Waals surface area contributed by atoms with Crippen LogP contribution >= 0.6 is 0 Å². The first kappa shape index (κ1) is 13.7. The Hall–Kier alpha value is -1.39. The van der Waals surface area contributed by atoms with Crippen LogP contribution < -0.4 is 11.1 Å². The molecule has 1 atom stereocenters. The van der Waals surface area contributed by atoms with Crippen molar-refractivity contribution in [3.8, 4) is 0 Å². The quantitative estimate of drug-likeness (QED) is 0.694. The number of hydrogen-bond donors (Lipinski definition) is 3. The molecule has 0 unspecified atom stereocenters. The van der Waals surface area contributed by atoms with Crippen molar-refractivity contribution in [2.45, 2.75) is 31.8 Å². The zero-order chi connectivity index (χ0) is 12.9. The molecule has 0 aromatic heterocycles. The van der Waals surface area contributed by atoms with Crippen molar-refractivity contribution in [2.24, 2.45) is 5.73 Å². The van der Waals surface area contributed by atoms with Crippen LogP contribution in [-0.4, -0.2) is 29.2 Å². The lowest BCUT2D eigenvalue weighted by Gasteiger charge is -2.23. The van der Waals surface area contributed by atoms with Gasteiger partial charge in [-0.1, -0.05) is 30.3 Å². The van der Waals surface area contributed by atoms with E-state index in [1.807, 2.05) is 30.3 Å². The van der Waals surface area contributed by atoms with Gasteiger partial charge in [0.05, 0.1) is 18.2 Å². The number of rotatable bonds is 5. The first-order valence-corrected chi connectivity index (χ1v) is 5.68. The third-order valence-electron chi connectivity index (χ3n) is 2.47. The van der Waals surface area contributed by atoms with Crippen LogP contribution in [-0.2, 0) is 11.2 Å². The van der Waals surface area contributed by atoms with Crippen LogP contribution in [0.4, 0.5) is 0 Å². The van der Waals surface area contributed by atoms with Crippen molar-refractivity contribution in [1.29, 1.82) is 0 Å². The highest BCUT2D eigenvalue weighted by atomic mass is 16.3. The Balaban J connectivity index is 2.59. The van der Waals surface area contributed by atoms with Gasteiger partial charge in [0, 0.05) is 0 Å². The Bertz CT molecular complexity index is 357. The molecule has 1 rings (SSSR count). The minimum absolute atomic E-state index is 0.100. The molecular formula is C13H20N2O2. The predicted molar refractivity (Wildman–Crippen MR) is 67.4 cm³/mol. The monoisotopic (exact) mass is 236 g/mol. The molecule has 1 amide bonds. The summed E-state index contributed by atoms with van der Waals surface area (Å²) in [6.07, 6.45) is 0.596. The largest absolute Gasteiger partial charge is 0.394 e. The molecule has 4 heteroatoms. The van der Waals surface area contributed by atoms with Crippen molar-refractivity contribution in [2.75, 3.05) is 6.61 Å². The highest BCUT2D eigenvalue weighted by molar-refractivity contribution is 5.85. The van der Waals surface area contributed by atoms with Gasteiger partial charge in [-0.05, 0) is 25.8 Å². The minimum atomic E-state index is -0.926. The van der Waals surface area contributed by atoms with Crippen molar-refractivity contribution in [3.63, 3.8) is 0 Å². The van der Waals surface area contributed by atoms with E-state index in [0.29, 0.717) is 6.42 Å². The van der Waals surface area contributed by atoms with Crippen molar-refractivity contribution in [3.05, 3.63) is 35.9 Å². The molecule has 94 valence electrons. The average Bonchev–Trinajstić information content (AvgIpc) is 2.28. The van der Waals surface area contributed by atoms with E-state index in [1.165, 1.54) is 0 Å². The van der Waals surface area contributed by atoms with E-state index in [0.717, 1.165) is 5.56 Å². The summed E-state index contributed by atoms with van der Waals surface area (Å²) in [5.74, 6) is -0.257. The highest BCUT2D eigenvalue weighted by Crippen LogP contribution is 2.04. The van der Waals surface area contributed by atoms with E-state index >= 15 is 0 Å². The fraction of sp³-hybridized carbons (Fsp3) is 0.462. The van der Waals surface area contributed by atoms with Gasteiger partial charge >= 0.3 is 0 Å². The Labute approximate surface area is 102 Å². The first-order chi connectivity index (χ1) is 7.93. The van der Waals surface area contributed by atoms with Crippen LogP contribution in [0.2, 0.25) is 0 Å². The minimum Gasteiger partial charge on any atom is -0.394 e. The number of nitrogens with one attached hydrogen (secondary N) is 1. The lowest BCUT2D eigenvalue weighted by Crippen LogP contribution is -2.53. The van der Waals surface area contributed by atoms with E-state index in [4.69, 9.17) is 5.73 Å². The molecule has 0 spiro atoms. The Morgan fingerprint density at radius 1 is 1.41 bits per heavy atom. The van der Waals surface area contributed by atoms with Crippen molar-refractivity contribution < 1.29 is 9.90 Å². The molecule has 4 N–H and O–H groups in total. The number of hydrogen-bond acceptors (Lipinski definition) is 3. The number of carbonyl (C=O) groups excluding carboxylic acids is 1. The Morgan fingerprint density at radius 3 is 2.47 bits per heavy atom. The molecule has 0 heterocycles. The Morgan fingerprint density at radius 2 is 2.00 bits per heavy atom. The van der Waals surface area contributed by atoms with Crippen LogP contribution in [0.1, 0.15) is 19.4 Å². The topological polar surface area (TPSA) is 75.4 Å². The van der Waals surface area contributed by atoms with E-state index in [2.05, 4.69) is 5.32 Å². The van der Waals surface area contributed by atoms with E-state index in [1.54, 1.807) is 13.8 Å². The number of aliphatic hydroxyl groups is 1. The molecule has 17 heavy (non-hydrogen) atoms. The summed E-state index contributed by atoms with van der Waals surface area (Å²) < 4.78 is 0. The maximum absolute atomic E-state index is 11.7. The third-order valence-corrected chi connectivity index (χ3v) is 2.47. The third kappa shape index (κ3) is 4.54. The average molecular weight is 236 g/mol. The second-order valence-corrected chi connectivity index (χ2v) is 4.76. The second kappa shape index (κ2) is 5.80. The summed E-state index contributed by atoms with van der Waals surface area (Å²) in [5, 5.41) is 12.0. The summed E-state index contributed by atoms with van der Waals surface area (Å²) >= 11 is 0. The van der Waals surface area contributed by atoms with Crippen molar-refractivity contribution >= 4 is 5.91 Å². The molecule has 1 aromatic rings. The van der Waals surface area contributed by atoms with Gasteiger partial charge in [0.2, 0.25) is 5.91 Å². The van der Waals surface area contributed by atoms with Crippen LogP contribution in [0.25, 0.3) is 0 Å². The number of nitrogens with two attached hydrogens (primary N) is 1. The van der Waals surface area contributed by atoms with Crippen LogP contribution in [0.3, 0.4) is 0 Å². The van der Waals surface area contributed by atoms with Gasteiger partial charge in [0.1, 0.15) is 0 Å². The molecule has 0 aliphatic carbocycles. The van der Waals surface area contributed by atoms with Gasteiger partial charge in [0.25, 0.3) is 0 Å². The van der Waals surface area contributed by atoms with Gasteiger partial charge < -0.3 is 16.2 Å². The first-order valence-electron chi connectivity index (χ1n) is 5.68. The van der Waals surface area contributed by atoms with Crippen LogP contribution in [0.5, 0.6) is 0 Å². The van der Waals surface area contributed by atoms with E-state index in [9.17, 15) is 9.90 Å². The smallest absolute Gasteiger partial charge is 0.239 e. The summed E-state index contributed by atoms with van der Waals surface area (Å²) in [5.41, 5.74) is 5.83. The summed E-state index contributed by atoms with van der Waals surface area (Å²) in [6.45, 7) is 3.18. The fourth-order valence-electron chi connectivity index (χ4n) is 1.43. The number of benzene rings is 1. The SMILES string of the molecule is CC(C)(N)C(=O)N[C@@H](CO)Cc1ccccc1. The molecule has 0 radical (unpaired) electrons.